The summed E-state index contributed by atoms with van der Waals surface area (Å²) in [6.45, 7) is 4.18. The van der Waals surface area contributed by atoms with Crippen LogP contribution in [0.3, 0.4) is 0 Å². The molecule has 0 saturated carbocycles. The Kier molecular flexibility index (Phi) is 4.33. The lowest BCUT2D eigenvalue weighted by molar-refractivity contribution is -0.117. The summed E-state index contributed by atoms with van der Waals surface area (Å²) in [4.78, 5) is 17.5. The minimum absolute atomic E-state index is 0.178. The van der Waals surface area contributed by atoms with Gasteiger partial charge in [-0.25, -0.2) is 4.68 Å². The quantitative estimate of drug-likeness (QED) is 0.811. The van der Waals surface area contributed by atoms with Crippen molar-refractivity contribution >= 4 is 35.1 Å². The van der Waals surface area contributed by atoms with E-state index in [1.54, 1.807) is 11.8 Å². The number of carbonyl (C=O) groups excluding carboxylic acids is 1. The van der Waals surface area contributed by atoms with Gasteiger partial charge in [-0.2, -0.15) is 4.98 Å². The Morgan fingerprint density at radius 1 is 1.40 bits per heavy atom. The number of thioether (sulfide) groups is 1. The van der Waals surface area contributed by atoms with E-state index < -0.39 is 0 Å². The SMILES string of the molecule is CCSc1nc2n(n1)[C@@H](c1cccc(Cl)c1)C1=C(C[C@@H](C)CC1=O)N2. The molecule has 25 heavy (non-hydrogen) atoms. The van der Waals surface area contributed by atoms with Gasteiger partial charge in [0.05, 0.1) is 0 Å². The molecule has 2 heterocycles. The zero-order valence-electron chi connectivity index (χ0n) is 14.1. The van der Waals surface area contributed by atoms with E-state index in [-0.39, 0.29) is 11.8 Å². The van der Waals surface area contributed by atoms with Crippen LogP contribution in [0.25, 0.3) is 0 Å². The van der Waals surface area contributed by atoms with Gasteiger partial charge in [0.15, 0.2) is 5.78 Å². The molecule has 0 saturated heterocycles. The molecule has 2 aliphatic rings. The van der Waals surface area contributed by atoms with E-state index in [4.69, 9.17) is 11.6 Å². The molecule has 1 N–H and O–H groups in total. The molecule has 5 nitrogen and oxygen atoms in total. The number of hydrogen-bond acceptors (Lipinski definition) is 5. The van der Waals surface area contributed by atoms with Crippen molar-refractivity contribution < 1.29 is 4.79 Å². The molecule has 0 amide bonds. The Balaban J connectivity index is 1.88. The predicted octanol–water partition coefficient (Wildman–Crippen LogP) is 4.31. The van der Waals surface area contributed by atoms with Crippen molar-refractivity contribution in [2.75, 3.05) is 11.1 Å². The Morgan fingerprint density at radius 3 is 3.00 bits per heavy atom. The maximum Gasteiger partial charge on any atom is 0.227 e. The first-order valence-electron chi connectivity index (χ1n) is 8.45. The number of nitrogens with one attached hydrogen (secondary N) is 1. The molecule has 0 radical (unpaired) electrons. The van der Waals surface area contributed by atoms with Crippen LogP contribution < -0.4 is 5.32 Å². The zero-order chi connectivity index (χ0) is 17.6. The molecule has 130 valence electrons. The summed E-state index contributed by atoms with van der Waals surface area (Å²) in [6.07, 6.45) is 1.42. The van der Waals surface area contributed by atoms with Crippen LogP contribution in [-0.4, -0.2) is 26.3 Å². The van der Waals surface area contributed by atoms with Gasteiger partial charge in [0, 0.05) is 22.7 Å². The highest BCUT2D eigenvalue weighted by atomic mass is 35.5. The van der Waals surface area contributed by atoms with Crippen LogP contribution in [0.4, 0.5) is 5.95 Å². The predicted molar refractivity (Wildman–Crippen MR) is 100 cm³/mol. The average Bonchev–Trinajstić information content (AvgIpc) is 2.95. The van der Waals surface area contributed by atoms with Crippen molar-refractivity contribution in [3.8, 4) is 0 Å². The number of Topliss-reactive ketones (excluding diaryl/α,β-unsaturated/α-hetero) is 1. The molecular weight excluding hydrogens is 356 g/mol. The van der Waals surface area contributed by atoms with Crippen LogP contribution in [0.15, 0.2) is 40.7 Å². The summed E-state index contributed by atoms with van der Waals surface area (Å²) in [6, 6.07) is 7.38. The van der Waals surface area contributed by atoms with Crippen LogP contribution in [-0.2, 0) is 4.79 Å². The van der Waals surface area contributed by atoms with Crippen LogP contribution in [0, 0.1) is 5.92 Å². The zero-order valence-corrected chi connectivity index (χ0v) is 15.7. The Hall–Kier alpha value is -1.79. The molecule has 1 aliphatic heterocycles. The van der Waals surface area contributed by atoms with E-state index in [0.717, 1.165) is 34.2 Å². The summed E-state index contributed by atoms with van der Waals surface area (Å²) in [7, 11) is 0. The van der Waals surface area contributed by atoms with Crippen molar-refractivity contribution in [2.24, 2.45) is 5.92 Å². The second-order valence-electron chi connectivity index (χ2n) is 6.51. The van der Waals surface area contributed by atoms with Crippen molar-refractivity contribution in [1.82, 2.24) is 14.8 Å². The topological polar surface area (TPSA) is 59.8 Å². The maximum atomic E-state index is 12.9. The second kappa shape index (κ2) is 6.50. The number of rotatable bonds is 3. The third-order valence-electron chi connectivity index (χ3n) is 4.54. The van der Waals surface area contributed by atoms with Crippen LogP contribution in [0.2, 0.25) is 5.02 Å². The van der Waals surface area contributed by atoms with Gasteiger partial charge < -0.3 is 5.32 Å². The van der Waals surface area contributed by atoms with Gasteiger partial charge in [-0.3, -0.25) is 4.79 Å². The number of allylic oxidation sites excluding steroid dienone is 2. The van der Waals surface area contributed by atoms with E-state index in [9.17, 15) is 4.79 Å². The monoisotopic (exact) mass is 374 g/mol. The molecular formula is C18H19ClN4OS. The Morgan fingerprint density at radius 2 is 2.24 bits per heavy atom. The lowest BCUT2D eigenvalue weighted by atomic mass is 9.81. The fraction of sp³-hybridized carbons (Fsp3) is 0.389. The minimum Gasteiger partial charge on any atom is -0.328 e. The summed E-state index contributed by atoms with van der Waals surface area (Å²) < 4.78 is 1.83. The molecule has 0 spiro atoms. The summed E-state index contributed by atoms with van der Waals surface area (Å²) >= 11 is 7.81. The van der Waals surface area contributed by atoms with Gasteiger partial charge in [0.2, 0.25) is 11.1 Å². The lowest BCUT2D eigenvalue weighted by Crippen LogP contribution is -2.33. The van der Waals surface area contributed by atoms with E-state index in [1.165, 1.54) is 0 Å². The van der Waals surface area contributed by atoms with Gasteiger partial charge in [0.25, 0.3) is 0 Å². The average molecular weight is 375 g/mol. The largest absolute Gasteiger partial charge is 0.328 e. The molecule has 0 fully saturated rings. The first-order chi connectivity index (χ1) is 12.1. The van der Waals surface area contributed by atoms with Crippen molar-refractivity contribution in [3.05, 3.63) is 46.1 Å². The molecule has 1 aromatic heterocycles. The number of carbonyl (C=O) groups is 1. The Bertz CT molecular complexity index is 876. The number of nitrogens with zero attached hydrogens (tertiary/aromatic N) is 3. The molecule has 1 aromatic carbocycles. The van der Waals surface area contributed by atoms with E-state index in [1.807, 2.05) is 28.9 Å². The molecule has 1 aliphatic carbocycles. The summed E-state index contributed by atoms with van der Waals surface area (Å²) in [5.41, 5.74) is 2.73. The van der Waals surface area contributed by atoms with Crippen LogP contribution in [0.5, 0.6) is 0 Å². The number of fused-ring (bicyclic) bond motifs is 1. The number of ketones is 1. The minimum atomic E-state index is -0.274. The fourth-order valence-corrected chi connectivity index (χ4v) is 4.32. The van der Waals surface area contributed by atoms with Gasteiger partial charge >= 0.3 is 0 Å². The molecule has 7 heteroatoms. The van der Waals surface area contributed by atoms with Gasteiger partial charge in [-0.15, -0.1) is 5.10 Å². The standard InChI is InChI=1S/C18H19ClN4OS/c1-3-25-18-21-17-20-13-7-10(2)8-14(24)15(13)16(23(17)22-18)11-5-4-6-12(19)9-11/h4-6,9-10,16H,3,7-8H2,1-2H3,(H,20,21,22)/t10-,16+/m1/s1. The molecule has 2 atom stereocenters. The van der Waals surface area contributed by atoms with Crippen molar-refractivity contribution in [2.45, 2.75) is 37.9 Å². The van der Waals surface area contributed by atoms with Crippen LogP contribution in [0.1, 0.15) is 38.3 Å². The van der Waals surface area contributed by atoms with Gasteiger partial charge in [-0.05, 0) is 35.8 Å². The highest BCUT2D eigenvalue weighted by Crippen LogP contribution is 2.42. The first kappa shape index (κ1) is 16.7. The highest BCUT2D eigenvalue weighted by Gasteiger charge is 2.38. The molecule has 0 bridgehead atoms. The molecule has 0 unspecified atom stereocenters. The summed E-state index contributed by atoms with van der Waals surface area (Å²) in [5.74, 6) is 2.10. The third kappa shape index (κ3) is 2.98. The Labute approximate surface area is 155 Å². The van der Waals surface area contributed by atoms with Gasteiger partial charge in [-0.1, -0.05) is 49.3 Å². The number of aromatic nitrogens is 3. The maximum absolute atomic E-state index is 12.9. The van der Waals surface area contributed by atoms with Crippen LogP contribution >= 0.6 is 23.4 Å². The highest BCUT2D eigenvalue weighted by molar-refractivity contribution is 7.99. The number of halogens is 1. The number of anilines is 1. The number of benzene rings is 1. The first-order valence-corrected chi connectivity index (χ1v) is 9.81. The molecule has 4 rings (SSSR count). The lowest BCUT2D eigenvalue weighted by Gasteiger charge is -2.34. The second-order valence-corrected chi connectivity index (χ2v) is 8.17. The normalized spacial score (nSPS) is 22.4. The molecule has 2 aromatic rings. The van der Waals surface area contributed by atoms with Crippen molar-refractivity contribution in [3.63, 3.8) is 0 Å². The van der Waals surface area contributed by atoms with E-state index in [0.29, 0.717) is 23.3 Å². The van der Waals surface area contributed by atoms with E-state index >= 15 is 0 Å². The van der Waals surface area contributed by atoms with Gasteiger partial charge in [0.1, 0.15) is 6.04 Å². The van der Waals surface area contributed by atoms with E-state index in [2.05, 4.69) is 29.2 Å². The summed E-state index contributed by atoms with van der Waals surface area (Å²) in [5, 5.41) is 9.38. The van der Waals surface area contributed by atoms with Crippen molar-refractivity contribution in [1.29, 1.82) is 0 Å². The fourth-order valence-electron chi connectivity index (χ4n) is 3.56. The number of hydrogen-bond donors (Lipinski definition) is 1. The third-order valence-corrected chi connectivity index (χ3v) is 5.50. The smallest absolute Gasteiger partial charge is 0.227 e.